The maximum absolute atomic E-state index is 16.3. The fraction of sp³-hybridized carbons (Fsp3) is 0.677. The Morgan fingerprint density at radius 3 is 2.21 bits per heavy atom. The van der Waals surface area contributed by atoms with E-state index in [1.54, 1.807) is 0 Å². The number of carbonyl (C=O) groups is 1. The molecule has 0 saturated carbocycles. The minimum absolute atomic E-state index is 0.00759. The standard InChI is InChI=1S/C31H44F2N8O12P2S/c32-22-25-20(51-30(22)41-17-38-24-27(35)36-16-37-28(24)41)14-49-55(47,56-15-18(42)9-7-5-3-1-2-4-6-8-11-34)53-26-19(13-48-54(45,46)52-25)50-29(23(26)33)40-12-10-21(43)39-31(40)44/h10,12,16-17,19-20,22-23,25-26,29-30H,1-9,11,13-15,34H2,(H,45,46)(H2,35,36,37)(H,39,43,44)/t19-,20-,22-,23-,25-,26-,29-,30-,55?/m1/s1. The fourth-order valence-electron chi connectivity index (χ4n) is 6.55. The number of phosphoric acid groups is 1. The van der Waals surface area contributed by atoms with Crippen molar-refractivity contribution in [1.82, 2.24) is 29.1 Å². The summed E-state index contributed by atoms with van der Waals surface area (Å²) in [6, 6.07) is 0.933. The third kappa shape index (κ3) is 10.2. The van der Waals surface area contributed by atoms with E-state index < -0.39 is 88.3 Å². The number of unbranched alkanes of at least 4 members (excludes halogenated alkanes) is 7. The summed E-state index contributed by atoms with van der Waals surface area (Å²) in [6.45, 7) is -5.73. The molecule has 6 N–H and O–H groups in total. The second-order valence-electron chi connectivity index (χ2n) is 13.4. The number of aromatic nitrogens is 6. The maximum Gasteiger partial charge on any atom is 0.472 e. The van der Waals surface area contributed by atoms with Crippen molar-refractivity contribution in [1.29, 1.82) is 0 Å². The molecular formula is C31H44F2N8O12P2S. The van der Waals surface area contributed by atoms with E-state index in [2.05, 4.69) is 15.0 Å². The van der Waals surface area contributed by atoms with Crippen LogP contribution >= 0.6 is 26.0 Å². The third-order valence-electron chi connectivity index (χ3n) is 9.42. The molecular weight excluding hydrogens is 808 g/mol. The van der Waals surface area contributed by atoms with Crippen LogP contribution in [0, 0.1) is 0 Å². The number of imidazole rings is 1. The molecule has 3 saturated heterocycles. The lowest BCUT2D eigenvalue weighted by Crippen LogP contribution is -2.38. The van der Waals surface area contributed by atoms with Crippen LogP contribution in [-0.4, -0.2) is 102 Å². The molecule has 10 atom stereocenters. The molecule has 3 aliphatic heterocycles. The minimum Gasteiger partial charge on any atom is -0.382 e. The Labute approximate surface area is 322 Å². The third-order valence-corrected chi connectivity index (χ3v) is 14.0. The number of ketones is 1. The first kappa shape index (κ1) is 42.7. The molecule has 0 aliphatic carbocycles. The smallest absolute Gasteiger partial charge is 0.382 e. The molecule has 310 valence electrons. The number of anilines is 1. The second kappa shape index (κ2) is 18.8. The van der Waals surface area contributed by atoms with Crippen molar-refractivity contribution in [3.05, 3.63) is 45.8 Å². The highest BCUT2D eigenvalue weighted by molar-refractivity contribution is 8.55. The summed E-state index contributed by atoms with van der Waals surface area (Å²) in [5, 5.41) is 0. The van der Waals surface area contributed by atoms with Crippen LogP contribution in [0.3, 0.4) is 0 Å². The number of nitrogens with zero attached hydrogens (tertiary/aromatic N) is 5. The molecule has 3 aromatic heterocycles. The van der Waals surface area contributed by atoms with Crippen molar-refractivity contribution in [3.63, 3.8) is 0 Å². The first-order valence-corrected chi connectivity index (χ1v) is 22.7. The highest BCUT2D eigenvalue weighted by Crippen LogP contribution is 2.64. The van der Waals surface area contributed by atoms with Gasteiger partial charge in [0.15, 0.2) is 36.3 Å². The molecule has 3 fully saturated rings. The summed E-state index contributed by atoms with van der Waals surface area (Å²) in [4.78, 5) is 61.9. The monoisotopic (exact) mass is 852 g/mol. The predicted octanol–water partition coefficient (Wildman–Crippen LogP) is 3.23. The molecule has 20 nitrogen and oxygen atoms in total. The number of carbonyl (C=O) groups excluding carboxylic acids is 1. The van der Waals surface area contributed by atoms with E-state index in [-0.39, 0.29) is 34.9 Å². The number of hydrogen-bond donors (Lipinski definition) is 4. The van der Waals surface area contributed by atoms with Gasteiger partial charge in [0, 0.05) is 18.7 Å². The Kier molecular flexibility index (Phi) is 14.3. The van der Waals surface area contributed by atoms with E-state index in [1.807, 2.05) is 4.98 Å². The summed E-state index contributed by atoms with van der Waals surface area (Å²) in [5.74, 6) is -0.675. The van der Waals surface area contributed by atoms with Crippen LogP contribution in [0.25, 0.3) is 11.2 Å². The van der Waals surface area contributed by atoms with Crippen LogP contribution in [0.1, 0.15) is 70.2 Å². The van der Waals surface area contributed by atoms with Crippen LogP contribution in [0.2, 0.25) is 0 Å². The molecule has 3 aliphatic rings. The van der Waals surface area contributed by atoms with E-state index in [0.717, 1.165) is 68.1 Å². The van der Waals surface area contributed by atoms with Gasteiger partial charge in [0.2, 0.25) is 0 Å². The number of halogens is 2. The Balaban J connectivity index is 1.21. The number of alkyl halides is 2. The first-order chi connectivity index (χ1) is 26.8. The van der Waals surface area contributed by atoms with Gasteiger partial charge in [0.05, 0.1) is 25.3 Å². The lowest BCUT2D eigenvalue weighted by molar-refractivity contribution is -0.116. The number of nitrogens with one attached hydrogen (secondary N) is 1. The van der Waals surface area contributed by atoms with Crippen LogP contribution in [0.15, 0.2) is 34.5 Å². The zero-order chi connectivity index (χ0) is 40.0. The maximum atomic E-state index is 16.3. The zero-order valence-corrected chi connectivity index (χ0v) is 32.6. The second-order valence-corrected chi connectivity index (χ2v) is 18.9. The summed E-state index contributed by atoms with van der Waals surface area (Å²) in [7, 11) is -5.21. The number of rotatable bonds is 15. The number of nitrogen functional groups attached to an aromatic ring is 1. The van der Waals surface area contributed by atoms with Crippen molar-refractivity contribution in [2.75, 3.05) is 31.2 Å². The number of nitrogens with two attached hydrogens (primary N) is 2. The summed E-state index contributed by atoms with van der Waals surface area (Å²) in [6.07, 6.45) is -3.92. The van der Waals surface area contributed by atoms with Gasteiger partial charge in [-0.05, 0) is 30.8 Å². The molecule has 3 aromatic rings. The van der Waals surface area contributed by atoms with Crippen molar-refractivity contribution < 1.29 is 55.2 Å². The van der Waals surface area contributed by atoms with E-state index in [4.69, 9.17) is 39.0 Å². The lowest BCUT2D eigenvalue weighted by atomic mass is 10.1. The first-order valence-electron chi connectivity index (χ1n) is 18.1. The van der Waals surface area contributed by atoms with Gasteiger partial charge in [-0.15, -0.1) is 0 Å². The van der Waals surface area contributed by atoms with E-state index in [1.165, 1.54) is 6.33 Å². The molecule has 56 heavy (non-hydrogen) atoms. The number of phosphoric ester groups is 1. The predicted molar refractivity (Wildman–Crippen MR) is 196 cm³/mol. The van der Waals surface area contributed by atoms with Gasteiger partial charge < -0.3 is 25.8 Å². The van der Waals surface area contributed by atoms with Gasteiger partial charge in [-0.1, -0.05) is 38.5 Å². The minimum atomic E-state index is -5.21. The fourth-order valence-corrected chi connectivity index (χ4v) is 10.8. The van der Waals surface area contributed by atoms with Gasteiger partial charge in [0.25, 0.3) is 5.56 Å². The van der Waals surface area contributed by atoms with Crippen molar-refractivity contribution in [2.24, 2.45) is 5.73 Å². The number of hydrogen-bond acceptors (Lipinski definition) is 17. The summed E-state index contributed by atoms with van der Waals surface area (Å²) < 4.78 is 95.6. The number of Topliss-reactive ketones (excluding diaryl/α,β-unsaturated/α-hetero) is 1. The quantitative estimate of drug-likeness (QED) is 0.126. The van der Waals surface area contributed by atoms with Crippen LogP contribution in [0.4, 0.5) is 14.6 Å². The van der Waals surface area contributed by atoms with Gasteiger partial charge in [-0.3, -0.25) is 41.8 Å². The molecule has 6 rings (SSSR count). The average Bonchev–Trinajstić information content (AvgIpc) is 3.81. The van der Waals surface area contributed by atoms with Crippen molar-refractivity contribution in [2.45, 2.75) is 107 Å². The molecule has 0 bridgehead atoms. The largest absolute Gasteiger partial charge is 0.472 e. The molecule has 0 aromatic carbocycles. The lowest BCUT2D eigenvalue weighted by Gasteiger charge is -2.29. The molecule has 2 unspecified atom stereocenters. The molecule has 25 heteroatoms. The topological polar surface area (TPSA) is 277 Å². The summed E-state index contributed by atoms with van der Waals surface area (Å²) >= 11 is 0.460. The molecule has 6 heterocycles. The van der Waals surface area contributed by atoms with Crippen LogP contribution in [0.5, 0.6) is 0 Å². The van der Waals surface area contributed by atoms with Crippen molar-refractivity contribution >= 4 is 48.8 Å². The Hall–Kier alpha value is -2.95. The number of H-pyrrole nitrogens is 1. The Morgan fingerprint density at radius 2 is 1.54 bits per heavy atom. The normalized spacial score (nSPS) is 32.4. The molecule has 0 radical (unpaired) electrons. The Morgan fingerprint density at radius 1 is 0.911 bits per heavy atom. The number of aromatic amines is 1. The Bertz CT molecular complexity index is 2050. The van der Waals surface area contributed by atoms with Gasteiger partial charge >= 0.3 is 20.3 Å². The molecule has 0 amide bonds. The van der Waals surface area contributed by atoms with Crippen LogP contribution in [-0.2, 0) is 41.5 Å². The summed E-state index contributed by atoms with van der Waals surface area (Å²) in [5.41, 5.74) is 9.75. The van der Waals surface area contributed by atoms with E-state index in [0.29, 0.717) is 28.9 Å². The van der Waals surface area contributed by atoms with Gasteiger partial charge in [-0.2, -0.15) is 0 Å². The highest BCUT2D eigenvalue weighted by atomic mass is 32.7. The average molecular weight is 853 g/mol. The zero-order valence-electron chi connectivity index (χ0n) is 30.0. The van der Waals surface area contributed by atoms with E-state index >= 15 is 8.78 Å². The van der Waals surface area contributed by atoms with Crippen molar-refractivity contribution in [3.8, 4) is 0 Å². The van der Waals surface area contributed by atoms with E-state index in [9.17, 15) is 28.4 Å². The SMILES string of the molecule is NCCCCCCCCCCC(=O)CSP1(=O)OC[C@H]2O[C@@H](n3cnc4c(N)ncnc43)[C@H](F)[C@@H]2OP(=O)(O)OC[C@H]2O[C@@H](n3ccc(=O)[nH]c3=O)[C@H](F)[C@@H]2O1. The highest BCUT2D eigenvalue weighted by Gasteiger charge is 2.55. The number of ether oxygens (including phenoxy) is 2. The number of fused-ring (bicyclic) bond motifs is 3. The van der Waals surface area contributed by atoms with Gasteiger partial charge in [0.1, 0.15) is 42.0 Å². The van der Waals surface area contributed by atoms with Crippen LogP contribution < -0.4 is 22.7 Å². The van der Waals surface area contributed by atoms with Gasteiger partial charge in [-0.25, -0.2) is 37.7 Å². The molecule has 0 spiro atoms.